The molecule has 0 saturated carbocycles. The van der Waals surface area contributed by atoms with Gasteiger partial charge in [-0.1, -0.05) is 0 Å². The first-order chi connectivity index (χ1) is 7.66. The van der Waals surface area contributed by atoms with Crippen LogP contribution in [0.4, 0.5) is 0 Å². The summed E-state index contributed by atoms with van der Waals surface area (Å²) in [6.45, 7) is 0. The number of halogens is 1. The maximum atomic E-state index is 11.7. The third kappa shape index (κ3) is 2.48. The van der Waals surface area contributed by atoms with Crippen molar-refractivity contribution < 1.29 is 4.79 Å². The van der Waals surface area contributed by atoms with Gasteiger partial charge in [0.05, 0.1) is 10.6 Å². The lowest BCUT2D eigenvalue weighted by molar-refractivity contribution is 0.105. The number of ketones is 1. The van der Waals surface area contributed by atoms with E-state index in [1.54, 1.807) is 23.0 Å². The molecule has 0 aliphatic carbocycles. The van der Waals surface area contributed by atoms with Gasteiger partial charge in [-0.15, -0.1) is 11.3 Å². The lowest BCUT2D eigenvalue weighted by atomic mass is 10.2. The molecular weight excluding hydrogens is 288 g/mol. The molecule has 0 fully saturated rings. The van der Waals surface area contributed by atoms with Gasteiger partial charge < -0.3 is 0 Å². The first-order valence-corrected chi connectivity index (χ1v) is 6.28. The molecule has 0 aliphatic heterocycles. The van der Waals surface area contributed by atoms with Gasteiger partial charge in [-0.2, -0.15) is 5.10 Å². The minimum atomic E-state index is 0.0110. The van der Waals surface area contributed by atoms with Crippen molar-refractivity contribution in [1.29, 1.82) is 0 Å². The number of carbonyl (C=O) groups is 1. The number of thiophene rings is 1. The second kappa shape index (κ2) is 4.76. The van der Waals surface area contributed by atoms with Crippen molar-refractivity contribution >= 4 is 39.1 Å². The normalized spacial score (nSPS) is 11.1. The van der Waals surface area contributed by atoms with Crippen LogP contribution in [0.1, 0.15) is 15.4 Å². The Bertz CT molecular complexity index is 542. The van der Waals surface area contributed by atoms with Gasteiger partial charge in [0.15, 0.2) is 5.78 Å². The number of aromatic nitrogens is 2. The lowest BCUT2D eigenvalue weighted by Gasteiger charge is -1.93. The van der Waals surface area contributed by atoms with Crippen LogP contribution in [0.25, 0.3) is 6.08 Å². The van der Waals surface area contributed by atoms with E-state index < -0.39 is 0 Å². The van der Waals surface area contributed by atoms with Gasteiger partial charge in [-0.3, -0.25) is 9.48 Å². The Balaban J connectivity index is 2.14. The van der Waals surface area contributed by atoms with Gasteiger partial charge in [-0.25, -0.2) is 0 Å². The summed E-state index contributed by atoms with van der Waals surface area (Å²) in [5, 5.41) is 5.91. The highest BCUT2D eigenvalue weighted by molar-refractivity contribution is 9.10. The highest BCUT2D eigenvalue weighted by Gasteiger charge is 2.04. The third-order valence-corrected chi connectivity index (χ3v) is 3.78. The van der Waals surface area contributed by atoms with Crippen molar-refractivity contribution in [3.63, 3.8) is 0 Å². The largest absolute Gasteiger partial charge is 0.288 e. The molecule has 0 spiro atoms. The summed E-state index contributed by atoms with van der Waals surface area (Å²) in [5.74, 6) is 0.0110. The van der Waals surface area contributed by atoms with Crippen molar-refractivity contribution in [2.45, 2.75) is 0 Å². The van der Waals surface area contributed by atoms with E-state index in [-0.39, 0.29) is 5.78 Å². The minimum Gasteiger partial charge on any atom is -0.288 e. The summed E-state index contributed by atoms with van der Waals surface area (Å²) in [6, 6.07) is 3.68. The molecule has 0 bridgehead atoms. The molecule has 0 N–H and O–H groups in total. The molecular formula is C11H9BrN2OS. The van der Waals surface area contributed by atoms with E-state index in [1.807, 2.05) is 24.6 Å². The molecule has 0 aliphatic rings. The van der Waals surface area contributed by atoms with Gasteiger partial charge >= 0.3 is 0 Å². The smallest absolute Gasteiger partial charge is 0.195 e. The van der Waals surface area contributed by atoms with Crippen molar-refractivity contribution in [2.24, 2.45) is 7.05 Å². The minimum absolute atomic E-state index is 0.0110. The number of allylic oxidation sites excluding steroid dienone is 1. The average Bonchev–Trinajstić information content (AvgIpc) is 2.84. The van der Waals surface area contributed by atoms with Crippen molar-refractivity contribution in [1.82, 2.24) is 9.78 Å². The monoisotopic (exact) mass is 296 g/mol. The van der Waals surface area contributed by atoms with E-state index in [1.165, 1.54) is 11.3 Å². The number of hydrogen-bond donors (Lipinski definition) is 0. The topological polar surface area (TPSA) is 34.9 Å². The zero-order valence-corrected chi connectivity index (χ0v) is 11.0. The first kappa shape index (κ1) is 11.3. The Labute approximate surface area is 106 Å². The van der Waals surface area contributed by atoms with Crippen LogP contribution in [0, 0.1) is 0 Å². The molecule has 2 heterocycles. The molecule has 0 aromatic carbocycles. The van der Waals surface area contributed by atoms with Crippen molar-refractivity contribution in [3.8, 4) is 0 Å². The second-order valence-electron chi connectivity index (χ2n) is 3.21. The number of nitrogens with zero attached hydrogens (tertiary/aromatic N) is 2. The summed E-state index contributed by atoms with van der Waals surface area (Å²) >= 11 is 4.75. The van der Waals surface area contributed by atoms with E-state index in [2.05, 4.69) is 21.0 Å². The quantitative estimate of drug-likeness (QED) is 0.644. The first-order valence-electron chi connectivity index (χ1n) is 4.61. The van der Waals surface area contributed by atoms with Crippen LogP contribution in [-0.4, -0.2) is 15.6 Å². The SMILES string of the molecule is Cn1nccc1/C=C/C(=O)c1cc(Br)cs1. The number of carbonyl (C=O) groups excluding carboxylic acids is 1. The Morgan fingerprint density at radius 2 is 2.44 bits per heavy atom. The highest BCUT2D eigenvalue weighted by Crippen LogP contribution is 2.20. The van der Waals surface area contributed by atoms with E-state index in [9.17, 15) is 4.79 Å². The van der Waals surface area contributed by atoms with Crippen LogP contribution in [0.5, 0.6) is 0 Å². The van der Waals surface area contributed by atoms with E-state index >= 15 is 0 Å². The van der Waals surface area contributed by atoms with Crippen LogP contribution in [0.2, 0.25) is 0 Å². The van der Waals surface area contributed by atoms with Crippen molar-refractivity contribution in [2.75, 3.05) is 0 Å². The molecule has 82 valence electrons. The van der Waals surface area contributed by atoms with Gasteiger partial charge in [0.25, 0.3) is 0 Å². The predicted octanol–water partition coefficient (Wildman–Crippen LogP) is 3.14. The molecule has 3 nitrogen and oxygen atoms in total. The zero-order valence-electron chi connectivity index (χ0n) is 8.55. The standard InChI is InChI=1S/C11H9BrN2OS/c1-14-9(4-5-13-14)2-3-10(15)11-6-8(12)7-16-11/h2-7H,1H3/b3-2+. The molecule has 2 aromatic rings. The van der Waals surface area contributed by atoms with Crippen LogP contribution in [-0.2, 0) is 7.05 Å². The summed E-state index contributed by atoms with van der Waals surface area (Å²) in [6.07, 6.45) is 5.03. The predicted molar refractivity (Wildman–Crippen MR) is 68.6 cm³/mol. The Morgan fingerprint density at radius 1 is 1.62 bits per heavy atom. The van der Waals surface area contributed by atoms with Crippen LogP contribution < -0.4 is 0 Å². The number of aryl methyl sites for hydroxylation is 1. The fourth-order valence-electron chi connectivity index (χ4n) is 1.23. The molecule has 0 radical (unpaired) electrons. The van der Waals surface area contributed by atoms with E-state index in [0.717, 1.165) is 15.0 Å². The summed E-state index contributed by atoms with van der Waals surface area (Å²) < 4.78 is 2.66. The maximum Gasteiger partial charge on any atom is 0.195 e. The number of rotatable bonds is 3. The third-order valence-electron chi connectivity index (χ3n) is 2.07. The Kier molecular flexibility index (Phi) is 3.36. The second-order valence-corrected chi connectivity index (χ2v) is 5.03. The number of hydrogen-bond acceptors (Lipinski definition) is 3. The fourth-order valence-corrected chi connectivity index (χ4v) is 2.58. The molecule has 0 saturated heterocycles. The van der Waals surface area contributed by atoms with Crippen LogP contribution >= 0.6 is 27.3 Å². The molecule has 2 aromatic heterocycles. The molecule has 5 heteroatoms. The Hall–Kier alpha value is -1.20. The Morgan fingerprint density at radius 3 is 3.00 bits per heavy atom. The highest BCUT2D eigenvalue weighted by atomic mass is 79.9. The summed E-state index contributed by atoms with van der Waals surface area (Å²) in [7, 11) is 1.84. The maximum absolute atomic E-state index is 11.7. The van der Waals surface area contributed by atoms with Crippen LogP contribution in [0.15, 0.2) is 34.3 Å². The fraction of sp³-hybridized carbons (Fsp3) is 0.0909. The van der Waals surface area contributed by atoms with Crippen molar-refractivity contribution in [3.05, 3.63) is 44.8 Å². The summed E-state index contributed by atoms with van der Waals surface area (Å²) in [5.41, 5.74) is 0.906. The molecule has 0 unspecified atom stereocenters. The average molecular weight is 297 g/mol. The molecule has 16 heavy (non-hydrogen) atoms. The van der Waals surface area contributed by atoms with Crippen LogP contribution in [0.3, 0.4) is 0 Å². The zero-order chi connectivity index (χ0) is 11.5. The lowest BCUT2D eigenvalue weighted by Crippen LogP contribution is -1.94. The molecule has 0 atom stereocenters. The van der Waals surface area contributed by atoms with Gasteiger partial charge in [0.1, 0.15) is 0 Å². The molecule has 2 rings (SSSR count). The van der Waals surface area contributed by atoms with Gasteiger partial charge in [0, 0.05) is 23.1 Å². The summed E-state index contributed by atoms with van der Waals surface area (Å²) in [4.78, 5) is 12.5. The van der Waals surface area contributed by atoms with Gasteiger partial charge in [0.2, 0.25) is 0 Å². The van der Waals surface area contributed by atoms with Gasteiger partial charge in [-0.05, 0) is 40.2 Å². The molecule has 0 amide bonds. The van der Waals surface area contributed by atoms with E-state index in [0.29, 0.717) is 0 Å². The van der Waals surface area contributed by atoms with E-state index in [4.69, 9.17) is 0 Å².